The molecule has 9 heteroatoms. The van der Waals surface area contributed by atoms with Crippen molar-refractivity contribution in [1.29, 1.82) is 0 Å². The average Bonchev–Trinajstić information content (AvgIpc) is 2.95. The first-order valence-electron chi connectivity index (χ1n) is 11.3. The lowest BCUT2D eigenvalue weighted by Gasteiger charge is -2.34. The largest absolute Gasteiger partial charge is 0.490 e. The van der Waals surface area contributed by atoms with Crippen molar-refractivity contribution in [1.82, 2.24) is 10.3 Å². The molecule has 1 aliphatic heterocycles. The van der Waals surface area contributed by atoms with E-state index in [1.54, 1.807) is 20.0 Å². The number of esters is 1. The molecule has 2 aliphatic rings. The van der Waals surface area contributed by atoms with E-state index in [0.717, 1.165) is 37.4 Å². The Morgan fingerprint density at radius 1 is 1.38 bits per heavy atom. The van der Waals surface area contributed by atoms with Gasteiger partial charge in [0.25, 0.3) is 0 Å². The number of aromatic nitrogens is 1. The first-order chi connectivity index (χ1) is 15.1. The third-order valence-corrected chi connectivity index (χ3v) is 6.94. The van der Waals surface area contributed by atoms with Gasteiger partial charge in [0, 0.05) is 44.0 Å². The number of rotatable bonds is 9. The molecule has 32 heavy (non-hydrogen) atoms. The van der Waals surface area contributed by atoms with Crippen LogP contribution in [0.1, 0.15) is 59.1 Å². The summed E-state index contributed by atoms with van der Waals surface area (Å²) in [4.78, 5) is 29.0. The molecule has 3 rings (SSSR count). The molecule has 0 spiro atoms. The average molecular weight is 467 g/mol. The van der Waals surface area contributed by atoms with Gasteiger partial charge >= 0.3 is 12.1 Å². The van der Waals surface area contributed by atoms with Crippen LogP contribution in [-0.2, 0) is 20.7 Å². The fraction of sp³-hybridized carbons (Fsp3) is 0.696. The van der Waals surface area contributed by atoms with Gasteiger partial charge in [-0.3, -0.25) is 4.98 Å². The molecule has 8 nitrogen and oxygen atoms in total. The first kappa shape index (κ1) is 24.6. The van der Waals surface area contributed by atoms with Gasteiger partial charge in [-0.1, -0.05) is 13.8 Å². The minimum Gasteiger partial charge on any atom is -0.490 e. The van der Waals surface area contributed by atoms with Crippen LogP contribution < -0.4 is 10.1 Å². The molecule has 2 fully saturated rings. The molecule has 1 aromatic rings. The quantitative estimate of drug-likeness (QED) is 0.526. The van der Waals surface area contributed by atoms with Crippen molar-refractivity contribution in [3.63, 3.8) is 0 Å². The summed E-state index contributed by atoms with van der Waals surface area (Å²) in [5.41, 5.74) is -0.935. The van der Waals surface area contributed by atoms with Crippen LogP contribution in [-0.4, -0.2) is 57.2 Å². The number of hydrogen-bond donors (Lipinski definition) is 2. The van der Waals surface area contributed by atoms with Gasteiger partial charge in [0.2, 0.25) is 5.79 Å². The minimum atomic E-state index is -1.52. The van der Waals surface area contributed by atoms with E-state index < -0.39 is 29.5 Å². The van der Waals surface area contributed by atoms with Gasteiger partial charge in [-0.15, -0.1) is 0 Å². The molecular formula is C23H34N2O6S. The normalized spacial score (nSPS) is 28.1. The van der Waals surface area contributed by atoms with Crippen molar-refractivity contribution in [2.45, 2.75) is 83.3 Å². The highest BCUT2D eigenvalue weighted by atomic mass is 32.2. The maximum Gasteiger partial charge on any atom is 0.405 e. The van der Waals surface area contributed by atoms with E-state index in [4.69, 9.17) is 14.2 Å². The van der Waals surface area contributed by atoms with Gasteiger partial charge in [-0.25, -0.2) is 9.59 Å². The second-order valence-corrected chi connectivity index (χ2v) is 10.4. The van der Waals surface area contributed by atoms with Crippen LogP contribution in [0, 0.1) is 5.92 Å². The van der Waals surface area contributed by atoms with Gasteiger partial charge in [0.1, 0.15) is 5.75 Å². The number of carboxylic acid groups (broad SMARTS) is 1. The highest BCUT2D eigenvalue weighted by Crippen LogP contribution is 2.38. The number of ether oxygens (including phenoxy) is 3. The number of hydrogen-bond acceptors (Lipinski definition) is 7. The third kappa shape index (κ3) is 6.07. The zero-order valence-corrected chi connectivity index (χ0v) is 20.1. The van der Waals surface area contributed by atoms with E-state index in [-0.39, 0.29) is 12.5 Å². The molecular weight excluding hydrogens is 432 g/mol. The smallest absolute Gasteiger partial charge is 0.405 e. The van der Waals surface area contributed by atoms with Gasteiger partial charge in [-0.2, -0.15) is 11.8 Å². The summed E-state index contributed by atoms with van der Waals surface area (Å²) < 4.78 is 17.8. The number of amides is 1. The number of cyclic esters (lactones) is 1. The lowest BCUT2D eigenvalue weighted by atomic mass is 9.88. The molecule has 1 aromatic heterocycles. The van der Waals surface area contributed by atoms with E-state index in [9.17, 15) is 14.7 Å². The minimum absolute atomic E-state index is 0.0728. The molecule has 1 aliphatic carbocycles. The molecule has 0 radical (unpaired) electrons. The summed E-state index contributed by atoms with van der Waals surface area (Å²) >= 11 is 1.52. The van der Waals surface area contributed by atoms with Crippen LogP contribution in [0.15, 0.2) is 18.3 Å². The number of carbonyl (C=O) groups is 2. The summed E-state index contributed by atoms with van der Waals surface area (Å²) in [6.07, 6.45) is 5.01. The Morgan fingerprint density at radius 2 is 2.09 bits per heavy atom. The maximum absolute atomic E-state index is 13.1. The highest BCUT2D eigenvalue weighted by Gasteiger charge is 2.59. The lowest BCUT2D eigenvalue weighted by Crippen LogP contribution is -2.59. The second kappa shape index (κ2) is 10.3. The van der Waals surface area contributed by atoms with Crippen molar-refractivity contribution in [3.8, 4) is 5.75 Å². The molecule has 2 atom stereocenters. The van der Waals surface area contributed by atoms with Crippen molar-refractivity contribution >= 4 is 23.8 Å². The van der Waals surface area contributed by atoms with Gasteiger partial charge in [-0.05, 0) is 43.4 Å². The standard InChI is InChI=1S/C23H34N2O6S/c1-5-32-14-19(25-21(27)28)23(20(26)30-22(3,4)31-23)13-16-12-18(10-11-24-16)29-17-8-6-15(2)7-9-17/h10-12,15,17,19,25H,5-9,13-14H2,1-4H3,(H,27,28)/t15?,17?,19?,23-/m1/s1. The molecule has 0 aromatic carbocycles. The predicted molar refractivity (Wildman–Crippen MR) is 122 cm³/mol. The molecule has 1 saturated carbocycles. The Kier molecular flexibility index (Phi) is 7.92. The van der Waals surface area contributed by atoms with Crippen LogP contribution >= 0.6 is 11.8 Å². The van der Waals surface area contributed by atoms with Crippen molar-refractivity contribution in [2.24, 2.45) is 5.92 Å². The Morgan fingerprint density at radius 3 is 2.69 bits per heavy atom. The molecule has 2 heterocycles. The van der Waals surface area contributed by atoms with E-state index in [1.165, 1.54) is 11.8 Å². The molecule has 1 saturated heterocycles. The third-order valence-electron chi connectivity index (χ3n) is 5.96. The summed E-state index contributed by atoms with van der Waals surface area (Å²) in [5, 5.41) is 11.9. The Labute approximate surface area is 193 Å². The van der Waals surface area contributed by atoms with Crippen LogP contribution in [0.5, 0.6) is 5.75 Å². The van der Waals surface area contributed by atoms with E-state index in [0.29, 0.717) is 17.2 Å². The Balaban J connectivity index is 1.85. The van der Waals surface area contributed by atoms with E-state index in [2.05, 4.69) is 17.2 Å². The fourth-order valence-electron chi connectivity index (χ4n) is 4.37. The summed E-state index contributed by atoms with van der Waals surface area (Å²) in [6.45, 7) is 7.53. The zero-order chi connectivity index (χ0) is 23.4. The number of thioether (sulfide) groups is 1. The fourth-order valence-corrected chi connectivity index (χ4v) is 5.19. The van der Waals surface area contributed by atoms with Crippen LogP contribution in [0.25, 0.3) is 0 Å². The number of pyridine rings is 1. The Bertz CT molecular complexity index is 811. The molecule has 1 unspecified atom stereocenters. The van der Waals surface area contributed by atoms with E-state index >= 15 is 0 Å². The van der Waals surface area contributed by atoms with Crippen LogP contribution in [0.2, 0.25) is 0 Å². The predicted octanol–water partition coefficient (Wildman–Crippen LogP) is 4.02. The molecule has 178 valence electrons. The topological polar surface area (TPSA) is 107 Å². The monoisotopic (exact) mass is 466 g/mol. The van der Waals surface area contributed by atoms with Gasteiger partial charge in [0.15, 0.2) is 5.60 Å². The zero-order valence-electron chi connectivity index (χ0n) is 19.3. The highest BCUT2D eigenvalue weighted by molar-refractivity contribution is 7.99. The summed E-state index contributed by atoms with van der Waals surface area (Å²) in [5.74, 6) is 0.807. The number of nitrogens with zero attached hydrogens (tertiary/aromatic N) is 1. The SMILES string of the molecule is CCSCC(NC(=O)O)[C@@]1(Cc2cc(OC3CCC(C)CC3)ccn2)OC(C)(C)OC1=O. The summed E-state index contributed by atoms with van der Waals surface area (Å²) in [7, 11) is 0. The Hall–Kier alpha value is -2.00. The van der Waals surface area contributed by atoms with Crippen molar-refractivity contribution < 1.29 is 28.9 Å². The second-order valence-electron chi connectivity index (χ2n) is 9.10. The number of nitrogens with one attached hydrogen (secondary N) is 1. The molecule has 2 N–H and O–H groups in total. The van der Waals surface area contributed by atoms with Gasteiger partial charge < -0.3 is 24.6 Å². The van der Waals surface area contributed by atoms with Crippen LogP contribution in [0.3, 0.4) is 0 Å². The molecule has 0 bridgehead atoms. The van der Waals surface area contributed by atoms with Crippen molar-refractivity contribution in [2.75, 3.05) is 11.5 Å². The van der Waals surface area contributed by atoms with E-state index in [1.807, 2.05) is 19.1 Å². The summed E-state index contributed by atoms with van der Waals surface area (Å²) in [6, 6.07) is 2.82. The number of carbonyl (C=O) groups excluding carboxylic acids is 1. The maximum atomic E-state index is 13.1. The van der Waals surface area contributed by atoms with Gasteiger partial charge in [0.05, 0.1) is 12.1 Å². The molecule has 1 amide bonds. The first-order valence-corrected chi connectivity index (χ1v) is 12.4. The van der Waals surface area contributed by atoms with Crippen LogP contribution in [0.4, 0.5) is 4.79 Å². The lowest BCUT2D eigenvalue weighted by molar-refractivity contribution is -0.169. The van der Waals surface area contributed by atoms with Crippen molar-refractivity contribution in [3.05, 3.63) is 24.0 Å².